The van der Waals surface area contributed by atoms with Crippen LogP contribution >= 0.6 is 0 Å². The van der Waals surface area contributed by atoms with Crippen molar-refractivity contribution in [3.05, 3.63) is 42.6 Å². The molecule has 0 aromatic carbocycles. The van der Waals surface area contributed by atoms with Crippen molar-refractivity contribution < 1.29 is 4.39 Å². The first-order chi connectivity index (χ1) is 11.8. The number of rotatable bonds is 3. The largest absolute Gasteiger partial charge is 0.369 e. The SMILES string of the molecule is CN[C@H]1CCCN(c2ccnc3[nH]cc(-c4ncccc4F)c23)C1. The number of nitrogens with one attached hydrogen (secondary N) is 2. The normalized spacial score (nSPS) is 18.2. The van der Waals surface area contributed by atoms with Gasteiger partial charge in [0.15, 0.2) is 0 Å². The third-order valence-corrected chi connectivity index (χ3v) is 4.74. The summed E-state index contributed by atoms with van der Waals surface area (Å²) in [5.74, 6) is -0.319. The molecule has 4 heterocycles. The van der Waals surface area contributed by atoms with E-state index in [1.54, 1.807) is 24.7 Å². The Morgan fingerprint density at radius 1 is 1.29 bits per heavy atom. The van der Waals surface area contributed by atoms with Crippen LogP contribution < -0.4 is 10.2 Å². The van der Waals surface area contributed by atoms with Crippen LogP contribution in [-0.4, -0.2) is 41.1 Å². The molecule has 5 nitrogen and oxygen atoms in total. The molecule has 3 aromatic heterocycles. The standard InChI is InChI=1S/C18H20FN5/c1-20-12-4-3-9-24(11-12)15-6-8-22-18-16(15)13(10-23-18)17-14(19)5-2-7-21-17/h2,5-8,10,12,20H,3-4,9,11H2,1H3,(H,22,23)/t12-/m0/s1. The maximum Gasteiger partial charge on any atom is 0.149 e. The molecule has 6 heteroatoms. The zero-order valence-electron chi connectivity index (χ0n) is 13.6. The lowest BCUT2D eigenvalue weighted by Gasteiger charge is -2.34. The van der Waals surface area contributed by atoms with Crippen LogP contribution in [0.25, 0.3) is 22.3 Å². The summed E-state index contributed by atoms with van der Waals surface area (Å²) in [6.07, 6.45) is 7.52. The molecule has 24 heavy (non-hydrogen) atoms. The first-order valence-corrected chi connectivity index (χ1v) is 8.27. The van der Waals surface area contributed by atoms with Gasteiger partial charge in [-0.2, -0.15) is 0 Å². The summed E-state index contributed by atoms with van der Waals surface area (Å²) in [5, 5.41) is 4.30. The van der Waals surface area contributed by atoms with E-state index < -0.39 is 0 Å². The Morgan fingerprint density at radius 3 is 3.04 bits per heavy atom. The van der Waals surface area contributed by atoms with E-state index in [0.29, 0.717) is 11.7 Å². The third kappa shape index (κ3) is 2.53. The number of hydrogen-bond donors (Lipinski definition) is 2. The summed E-state index contributed by atoms with van der Waals surface area (Å²) in [6.45, 7) is 1.93. The first kappa shape index (κ1) is 15.1. The number of piperidine rings is 1. The molecular formula is C18H20FN5. The van der Waals surface area contributed by atoms with E-state index in [2.05, 4.69) is 25.2 Å². The molecule has 1 aliphatic heterocycles. The minimum atomic E-state index is -0.319. The molecule has 0 unspecified atom stereocenters. The molecule has 0 amide bonds. The number of pyridine rings is 2. The Bertz CT molecular complexity index is 859. The number of H-pyrrole nitrogens is 1. The van der Waals surface area contributed by atoms with Crippen LogP contribution in [0.5, 0.6) is 0 Å². The minimum Gasteiger partial charge on any atom is -0.369 e. The maximum absolute atomic E-state index is 14.3. The average Bonchev–Trinajstić information content (AvgIpc) is 3.06. The Morgan fingerprint density at radius 2 is 2.21 bits per heavy atom. The van der Waals surface area contributed by atoms with Crippen LogP contribution in [0.15, 0.2) is 36.8 Å². The lowest BCUT2D eigenvalue weighted by atomic mass is 10.0. The summed E-state index contributed by atoms with van der Waals surface area (Å²) in [5.41, 5.74) is 2.97. The highest BCUT2D eigenvalue weighted by Crippen LogP contribution is 2.35. The molecule has 0 spiro atoms. The predicted octanol–water partition coefficient (Wildman–Crippen LogP) is 2.95. The van der Waals surface area contributed by atoms with Gasteiger partial charge in [0.2, 0.25) is 0 Å². The molecule has 1 aliphatic rings. The van der Waals surface area contributed by atoms with Crippen LogP contribution in [-0.2, 0) is 0 Å². The number of hydrogen-bond acceptors (Lipinski definition) is 4. The number of fused-ring (bicyclic) bond motifs is 1. The second-order valence-electron chi connectivity index (χ2n) is 6.16. The molecule has 0 bridgehead atoms. The Balaban J connectivity index is 1.85. The minimum absolute atomic E-state index is 0.319. The predicted molar refractivity (Wildman–Crippen MR) is 93.6 cm³/mol. The number of aromatic nitrogens is 3. The topological polar surface area (TPSA) is 56.8 Å². The Labute approximate surface area is 139 Å². The van der Waals surface area contributed by atoms with Crippen molar-refractivity contribution in [3.8, 4) is 11.3 Å². The van der Waals surface area contributed by atoms with Gasteiger partial charge in [-0.1, -0.05) is 0 Å². The fraction of sp³-hybridized carbons (Fsp3) is 0.333. The monoisotopic (exact) mass is 325 g/mol. The van der Waals surface area contributed by atoms with Gasteiger partial charge >= 0.3 is 0 Å². The quantitative estimate of drug-likeness (QED) is 0.777. The highest BCUT2D eigenvalue weighted by molar-refractivity contribution is 6.02. The van der Waals surface area contributed by atoms with Crippen molar-refractivity contribution in [2.45, 2.75) is 18.9 Å². The zero-order chi connectivity index (χ0) is 16.5. The van der Waals surface area contributed by atoms with Crippen LogP contribution in [0.2, 0.25) is 0 Å². The number of nitrogens with zero attached hydrogens (tertiary/aromatic N) is 3. The van der Waals surface area contributed by atoms with Crippen molar-refractivity contribution in [1.82, 2.24) is 20.3 Å². The van der Waals surface area contributed by atoms with Crippen molar-refractivity contribution in [2.75, 3.05) is 25.0 Å². The van der Waals surface area contributed by atoms with Crippen molar-refractivity contribution in [1.29, 1.82) is 0 Å². The molecule has 1 saturated heterocycles. The van der Waals surface area contributed by atoms with Gasteiger partial charge in [0.25, 0.3) is 0 Å². The van der Waals surface area contributed by atoms with Crippen molar-refractivity contribution >= 4 is 16.7 Å². The molecule has 1 fully saturated rings. The highest BCUT2D eigenvalue weighted by Gasteiger charge is 2.23. The van der Waals surface area contributed by atoms with E-state index >= 15 is 0 Å². The van der Waals surface area contributed by atoms with Crippen molar-refractivity contribution in [3.63, 3.8) is 0 Å². The van der Waals surface area contributed by atoms with E-state index in [9.17, 15) is 4.39 Å². The van der Waals surface area contributed by atoms with Gasteiger partial charge in [0, 0.05) is 43.3 Å². The van der Waals surface area contributed by atoms with E-state index in [-0.39, 0.29) is 5.82 Å². The summed E-state index contributed by atoms with van der Waals surface area (Å²) in [6, 6.07) is 5.53. The van der Waals surface area contributed by atoms with Crippen molar-refractivity contribution in [2.24, 2.45) is 0 Å². The molecule has 0 radical (unpaired) electrons. The molecule has 1 atom stereocenters. The van der Waals surface area contributed by atoms with Gasteiger partial charge < -0.3 is 15.2 Å². The summed E-state index contributed by atoms with van der Waals surface area (Å²) in [4.78, 5) is 14.2. The van der Waals surface area contributed by atoms with Crippen LogP contribution in [0.1, 0.15) is 12.8 Å². The van der Waals surface area contributed by atoms with Gasteiger partial charge in [0.1, 0.15) is 17.2 Å². The maximum atomic E-state index is 14.3. The molecule has 0 saturated carbocycles. The van der Waals surface area contributed by atoms with Gasteiger partial charge in [0.05, 0.1) is 11.1 Å². The fourth-order valence-corrected chi connectivity index (χ4v) is 3.51. The Kier molecular flexibility index (Phi) is 3.90. The van der Waals surface area contributed by atoms with Crippen LogP contribution in [0.4, 0.5) is 10.1 Å². The second kappa shape index (κ2) is 6.20. The summed E-state index contributed by atoms with van der Waals surface area (Å²) in [7, 11) is 2.00. The summed E-state index contributed by atoms with van der Waals surface area (Å²) >= 11 is 0. The number of aromatic amines is 1. The van der Waals surface area contributed by atoms with Gasteiger partial charge in [-0.15, -0.1) is 0 Å². The zero-order valence-corrected chi connectivity index (χ0v) is 13.6. The van der Waals surface area contributed by atoms with E-state index in [4.69, 9.17) is 0 Å². The van der Waals surface area contributed by atoms with E-state index in [0.717, 1.165) is 41.8 Å². The number of halogens is 1. The average molecular weight is 325 g/mol. The first-order valence-electron chi connectivity index (χ1n) is 8.27. The second-order valence-corrected chi connectivity index (χ2v) is 6.16. The van der Waals surface area contributed by atoms with Gasteiger partial charge in [-0.25, -0.2) is 9.37 Å². The molecule has 124 valence electrons. The smallest absolute Gasteiger partial charge is 0.149 e. The molecule has 0 aliphatic carbocycles. The molecule has 4 rings (SSSR count). The molecule has 3 aromatic rings. The van der Waals surface area contributed by atoms with E-state index in [1.807, 2.05) is 13.1 Å². The van der Waals surface area contributed by atoms with Gasteiger partial charge in [-0.05, 0) is 38.1 Å². The molecule has 2 N–H and O–H groups in total. The van der Waals surface area contributed by atoms with E-state index in [1.165, 1.54) is 12.5 Å². The highest BCUT2D eigenvalue weighted by atomic mass is 19.1. The lowest BCUT2D eigenvalue weighted by molar-refractivity contribution is 0.450. The van der Waals surface area contributed by atoms with Crippen LogP contribution in [0, 0.1) is 5.82 Å². The lowest BCUT2D eigenvalue weighted by Crippen LogP contribution is -2.44. The third-order valence-electron chi connectivity index (χ3n) is 4.74. The van der Waals surface area contributed by atoms with Gasteiger partial charge in [-0.3, -0.25) is 4.98 Å². The van der Waals surface area contributed by atoms with Crippen LogP contribution in [0.3, 0.4) is 0 Å². The Hall–Kier alpha value is -2.47. The number of anilines is 1. The number of likely N-dealkylation sites (N-methyl/N-ethyl adjacent to an activating group) is 1. The fourth-order valence-electron chi connectivity index (χ4n) is 3.51. The summed E-state index contributed by atoms with van der Waals surface area (Å²) < 4.78 is 14.3. The molecular weight excluding hydrogens is 305 g/mol.